The van der Waals surface area contributed by atoms with E-state index < -0.39 is 12.6 Å². The third-order valence-corrected chi connectivity index (χ3v) is 6.03. The lowest BCUT2D eigenvalue weighted by molar-refractivity contribution is -0.139. The molecule has 1 unspecified atom stereocenters. The van der Waals surface area contributed by atoms with Crippen LogP contribution in [0.2, 0.25) is 10.0 Å². The van der Waals surface area contributed by atoms with Crippen molar-refractivity contribution in [1.82, 2.24) is 0 Å². The van der Waals surface area contributed by atoms with Gasteiger partial charge in [0, 0.05) is 12.0 Å². The lowest BCUT2D eigenvalue weighted by Gasteiger charge is -2.23. The van der Waals surface area contributed by atoms with Crippen molar-refractivity contribution >= 4 is 40.5 Å². The summed E-state index contributed by atoms with van der Waals surface area (Å²) in [5, 5.41) is 9.41. The Bertz CT molecular complexity index is 780. The van der Waals surface area contributed by atoms with Gasteiger partial charge in [-0.1, -0.05) is 23.2 Å². The summed E-state index contributed by atoms with van der Waals surface area (Å²) in [6.45, 7) is -0.465. The molecule has 2 atom stereocenters. The summed E-state index contributed by atoms with van der Waals surface area (Å²) in [5.41, 5.74) is 2.91. The quantitative estimate of drug-likeness (QED) is 0.861. The van der Waals surface area contributed by atoms with Crippen LogP contribution in [0, 0.1) is 11.8 Å². The van der Waals surface area contributed by atoms with Crippen molar-refractivity contribution in [2.45, 2.75) is 31.6 Å². The summed E-state index contributed by atoms with van der Waals surface area (Å²) in [4.78, 5) is 22.7. The minimum Gasteiger partial charge on any atom is -0.480 e. The fraction of sp³-hybridized carbons (Fsp3) is 0.444. The number of aliphatic carboxylic acids is 1. The summed E-state index contributed by atoms with van der Waals surface area (Å²) in [5.74, 6) is 0.580. The van der Waals surface area contributed by atoms with E-state index in [0.29, 0.717) is 34.9 Å². The summed E-state index contributed by atoms with van der Waals surface area (Å²) < 4.78 is 5.32. The van der Waals surface area contributed by atoms with Crippen LogP contribution < -0.4 is 4.74 Å². The maximum atomic E-state index is 11.9. The van der Waals surface area contributed by atoms with E-state index in [1.807, 2.05) is 6.07 Å². The highest BCUT2D eigenvalue weighted by atomic mass is 35.5. The van der Waals surface area contributed by atoms with E-state index in [9.17, 15) is 9.59 Å². The number of hydrogen-bond acceptors (Lipinski definition) is 3. The topological polar surface area (TPSA) is 63.6 Å². The van der Waals surface area contributed by atoms with Crippen molar-refractivity contribution in [3.63, 3.8) is 0 Å². The second-order valence-corrected chi connectivity index (χ2v) is 7.48. The molecule has 1 fully saturated rings. The van der Waals surface area contributed by atoms with E-state index in [4.69, 9.17) is 33.0 Å². The third kappa shape index (κ3) is 2.52. The van der Waals surface area contributed by atoms with Gasteiger partial charge in [0.25, 0.3) is 0 Å². The molecule has 0 spiro atoms. The molecule has 0 amide bonds. The molecular weight excluding hydrogens is 351 g/mol. The van der Waals surface area contributed by atoms with Crippen LogP contribution in [0.5, 0.6) is 5.75 Å². The van der Waals surface area contributed by atoms with E-state index >= 15 is 0 Å². The van der Waals surface area contributed by atoms with Gasteiger partial charge in [-0.3, -0.25) is 4.79 Å². The van der Waals surface area contributed by atoms with Gasteiger partial charge in [0.1, 0.15) is 10.8 Å². The average molecular weight is 367 g/mol. The van der Waals surface area contributed by atoms with E-state index in [1.165, 1.54) is 12.8 Å². The number of benzene rings is 1. The zero-order valence-electron chi connectivity index (χ0n) is 12.9. The summed E-state index contributed by atoms with van der Waals surface area (Å²) in [6.07, 6.45) is 5.47. The third-order valence-electron chi connectivity index (χ3n) is 5.18. The number of fused-ring (bicyclic) bond motifs is 3. The molecular formula is C18H16Cl2O4. The number of halogens is 2. The Hall–Kier alpha value is -1.52. The van der Waals surface area contributed by atoms with Crippen LogP contribution in [0.3, 0.4) is 0 Å². The van der Waals surface area contributed by atoms with E-state index in [2.05, 4.69) is 0 Å². The Morgan fingerprint density at radius 3 is 2.67 bits per heavy atom. The molecule has 4 rings (SSSR count). The largest absolute Gasteiger partial charge is 0.480 e. The smallest absolute Gasteiger partial charge is 0.341 e. The SMILES string of the molecule is O=C(O)COc1cc2c(c(Cl)c1Cl)C1=CC(=O)CCC1[C@H]2C1CC1. The monoisotopic (exact) mass is 366 g/mol. The molecule has 3 aliphatic rings. The lowest BCUT2D eigenvalue weighted by atomic mass is 9.80. The Kier molecular flexibility index (Phi) is 3.85. The second kappa shape index (κ2) is 5.78. The van der Waals surface area contributed by atoms with Crippen LogP contribution in [0.1, 0.15) is 42.7 Å². The molecule has 0 bridgehead atoms. The number of ketones is 1. The van der Waals surface area contributed by atoms with Crippen LogP contribution in [0.4, 0.5) is 0 Å². The molecule has 1 aromatic carbocycles. The molecule has 0 aliphatic heterocycles. The second-order valence-electron chi connectivity index (χ2n) is 6.72. The Morgan fingerprint density at radius 2 is 2.00 bits per heavy atom. The van der Waals surface area contributed by atoms with Crippen molar-refractivity contribution in [3.8, 4) is 5.75 Å². The molecule has 6 heteroatoms. The van der Waals surface area contributed by atoms with Gasteiger partial charge < -0.3 is 9.84 Å². The number of carbonyl (C=O) groups is 2. The van der Waals surface area contributed by atoms with E-state index in [0.717, 1.165) is 23.1 Å². The summed E-state index contributed by atoms with van der Waals surface area (Å²) in [7, 11) is 0. The predicted octanol–water partition coefficient (Wildman–Crippen LogP) is 4.33. The minimum absolute atomic E-state index is 0.127. The zero-order chi connectivity index (χ0) is 17.0. The Morgan fingerprint density at radius 1 is 1.25 bits per heavy atom. The molecule has 24 heavy (non-hydrogen) atoms. The minimum atomic E-state index is -1.07. The van der Waals surface area contributed by atoms with Crippen molar-refractivity contribution in [1.29, 1.82) is 0 Å². The zero-order valence-corrected chi connectivity index (χ0v) is 14.4. The highest BCUT2D eigenvalue weighted by Gasteiger charge is 2.47. The van der Waals surface area contributed by atoms with Crippen LogP contribution in [0.15, 0.2) is 12.1 Å². The van der Waals surface area contributed by atoms with Gasteiger partial charge in [-0.15, -0.1) is 0 Å². The van der Waals surface area contributed by atoms with Gasteiger partial charge in [-0.2, -0.15) is 0 Å². The first-order chi connectivity index (χ1) is 11.5. The van der Waals surface area contributed by atoms with E-state index in [-0.39, 0.29) is 10.8 Å². The number of carbonyl (C=O) groups excluding carboxylic acids is 1. The Balaban J connectivity index is 1.84. The standard InChI is InChI=1S/C18H16Cl2O4/c19-17-13(24-7-14(22)23)6-12-15(8-1-2-8)10-4-3-9(21)5-11(10)16(12)18(17)20/h5-6,8,10,15H,1-4,7H2,(H,22,23)/t10?,15-/m1/s1. The fourth-order valence-corrected chi connectivity index (χ4v) is 4.63. The molecule has 0 radical (unpaired) electrons. The Labute approximate surface area is 149 Å². The van der Waals surface area contributed by atoms with Gasteiger partial charge in [0.2, 0.25) is 0 Å². The lowest BCUT2D eigenvalue weighted by Crippen LogP contribution is -2.15. The molecule has 1 aromatic rings. The maximum absolute atomic E-state index is 11.9. The summed E-state index contributed by atoms with van der Waals surface area (Å²) in [6, 6.07) is 1.83. The van der Waals surface area contributed by atoms with Gasteiger partial charge in [-0.25, -0.2) is 4.79 Å². The first-order valence-electron chi connectivity index (χ1n) is 8.08. The van der Waals surface area contributed by atoms with Crippen LogP contribution in [-0.4, -0.2) is 23.5 Å². The van der Waals surface area contributed by atoms with Crippen molar-refractivity contribution in [2.24, 2.45) is 11.8 Å². The van der Waals surface area contributed by atoms with Crippen LogP contribution in [0.25, 0.3) is 5.57 Å². The molecule has 0 aromatic heterocycles. The van der Waals surface area contributed by atoms with Crippen LogP contribution >= 0.6 is 23.2 Å². The van der Waals surface area contributed by atoms with Crippen molar-refractivity contribution in [2.75, 3.05) is 6.61 Å². The van der Waals surface area contributed by atoms with Gasteiger partial charge >= 0.3 is 5.97 Å². The van der Waals surface area contributed by atoms with E-state index in [1.54, 1.807) is 6.08 Å². The first kappa shape index (κ1) is 16.0. The number of ether oxygens (including phenoxy) is 1. The van der Waals surface area contributed by atoms with Gasteiger partial charge in [0.05, 0.1) is 5.02 Å². The summed E-state index contributed by atoms with van der Waals surface area (Å²) >= 11 is 12.8. The molecule has 1 N–H and O–H groups in total. The first-order valence-corrected chi connectivity index (χ1v) is 8.84. The highest BCUT2D eigenvalue weighted by molar-refractivity contribution is 6.44. The van der Waals surface area contributed by atoms with Gasteiger partial charge in [0.15, 0.2) is 12.4 Å². The molecule has 3 aliphatic carbocycles. The number of hydrogen-bond donors (Lipinski definition) is 1. The predicted molar refractivity (Wildman–Crippen MR) is 90.8 cm³/mol. The fourth-order valence-electron chi connectivity index (χ4n) is 4.11. The number of rotatable bonds is 4. The number of carboxylic acids is 1. The average Bonchev–Trinajstić information content (AvgIpc) is 3.31. The molecule has 4 nitrogen and oxygen atoms in total. The maximum Gasteiger partial charge on any atom is 0.341 e. The van der Waals surface area contributed by atoms with Gasteiger partial charge in [-0.05, 0) is 60.3 Å². The number of carboxylic acid groups (broad SMARTS) is 1. The van der Waals surface area contributed by atoms with Crippen LogP contribution in [-0.2, 0) is 9.59 Å². The molecule has 0 saturated heterocycles. The van der Waals surface area contributed by atoms with Crippen molar-refractivity contribution in [3.05, 3.63) is 33.3 Å². The normalized spacial score (nSPS) is 25.1. The molecule has 1 saturated carbocycles. The highest BCUT2D eigenvalue weighted by Crippen LogP contribution is 2.61. The van der Waals surface area contributed by atoms with Crippen molar-refractivity contribution < 1.29 is 19.4 Å². The number of allylic oxidation sites excluding steroid dienone is 2. The molecule has 126 valence electrons. The molecule has 0 heterocycles.